The first-order valence-corrected chi connectivity index (χ1v) is 17.2. The van der Waals surface area contributed by atoms with Crippen molar-refractivity contribution in [2.75, 3.05) is 37.5 Å². The molecule has 0 unspecified atom stereocenters. The predicted octanol–water partition coefficient (Wildman–Crippen LogP) is 6.95. The summed E-state index contributed by atoms with van der Waals surface area (Å²) >= 11 is 0. The van der Waals surface area contributed by atoms with E-state index < -0.39 is 16.0 Å². The van der Waals surface area contributed by atoms with E-state index in [2.05, 4.69) is 37.7 Å². The van der Waals surface area contributed by atoms with Gasteiger partial charge in [-0.2, -0.15) is 0 Å². The van der Waals surface area contributed by atoms with Gasteiger partial charge in [0.05, 0.1) is 11.5 Å². The number of fused-ring (bicyclic) bond motifs is 2. The normalized spacial score (nSPS) is 15.1. The molecule has 0 bridgehead atoms. The van der Waals surface area contributed by atoms with Crippen LogP contribution >= 0.6 is 0 Å². The van der Waals surface area contributed by atoms with Gasteiger partial charge in [0.25, 0.3) is 5.91 Å². The van der Waals surface area contributed by atoms with E-state index in [0.29, 0.717) is 16.6 Å². The third-order valence-corrected chi connectivity index (χ3v) is 10.6. The minimum absolute atomic E-state index is 0.0321. The number of carboxylic acids is 1. The second-order valence-electron chi connectivity index (χ2n) is 13.6. The lowest BCUT2D eigenvalue weighted by Crippen LogP contribution is -2.34. The van der Waals surface area contributed by atoms with Gasteiger partial charge in [-0.1, -0.05) is 58.0 Å². The van der Waals surface area contributed by atoms with Crippen molar-refractivity contribution in [2.45, 2.75) is 62.7 Å². The maximum atomic E-state index is 13.3. The summed E-state index contributed by atoms with van der Waals surface area (Å²) in [6.07, 6.45) is 2.38. The molecule has 0 aromatic heterocycles. The lowest BCUT2D eigenvalue weighted by molar-refractivity contribution is 0.0692. The molecule has 10 heteroatoms. The third kappa shape index (κ3) is 7.13. The van der Waals surface area contributed by atoms with Gasteiger partial charge in [0.2, 0.25) is 10.0 Å². The van der Waals surface area contributed by atoms with Gasteiger partial charge >= 0.3 is 5.97 Å². The van der Waals surface area contributed by atoms with Crippen molar-refractivity contribution in [3.05, 3.63) is 95.1 Å². The summed E-state index contributed by atoms with van der Waals surface area (Å²) in [6.45, 7) is 8.99. The van der Waals surface area contributed by atoms with Crippen LogP contribution in [0, 0.1) is 0 Å². The lowest BCUT2D eigenvalue weighted by atomic mass is 9.63. The summed E-state index contributed by atoms with van der Waals surface area (Å²) in [7, 11) is -0.0152. The molecule has 248 valence electrons. The average Bonchev–Trinajstić information content (AvgIpc) is 3.02. The van der Waals surface area contributed by atoms with Crippen LogP contribution in [-0.2, 0) is 20.9 Å². The average molecular weight is 658 g/mol. The van der Waals surface area contributed by atoms with Crippen LogP contribution in [0.3, 0.4) is 0 Å². The molecule has 0 atom stereocenters. The molecule has 3 N–H and O–H groups in total. The van der Waals surface area contributed by atoms with E-state index in [1.54, 1.807) is 18.2 Å². The fourth-order valence-corrected chi connectivity index (χ4v) is 7.55. The molecule has 1 amide bonds. The summed E-state index contributed by atoms with van der Waals surface area (Å²) in [6, 6.07) is 21.0. The monoisotopic (exact) mass is 657 g/mol. The van der Waals surface area contributed by atoms with Crippen LogP contribution < -0.4 is 19.7 Å². The van der Waals surface area contributed by atoms with Crippen LogP contribution in [0.4, 0.5) is 11.4 Å². The van der Waals surface area contributed by atoms with E-state index in [-0.39, 0.29) is 52.5 Å². The number of carbonyl (C=O) groups is 2. The number of nitrogens with one attached hydrogen (secondary N) is 2. The molecule has 0 saturated heterocycles. The number of benzene rings is 4. The number of carbonyl (C=O) groups excluding carboxylic acids is 1. The molecular weight excluding hydrogens is 614 g/mol. The van der Waals surface area contributed by atoms with Crippen molar-refractivity contribution in [1.82, 2.24) is 4.72 Å². The van der Waals surface area contributed by atoms with Crippen LogP contribution in [-0.4, -0.2) is 52.6 Å². The molecule has 4 aromatic carbocycles. The zero-order chi connectivity index (χ0) is 34.1. The van der Waals surface area contributed by atoms with E-state index in [1.165, 1.54) is 29.3 Å². The highest BCUT2D eigenvalue weighted by atomic mass is 32.2. The molecule has 1 aliphatic rings. The number of rotatable bonds is 11. The van der Waals surface area contributed by atoms with Gasteiger partial charge in [-0.3, -0.25) is 4.79 Å². The Kier molecular flexibility index (Phi) is 9.39. The first kappa shape index (κ1) is 33.9. The molecule has 5 rings (SSSR count). The summed E-state index contributed by atoms with van der Waals surface area (Å²) in [5.74, 6) is -1.40. The Morgan fingerprint density at radius 1 is 0.872 bits per heavy atom. The number of sulfonamides is 1. The Hall–Kier alpha value is -4.41. The van der Waals surface area contributed by atoms with Gasteiger partial charge in [0.15, 0.2) is 0 Å². The van der Waals surface area contributed by atoms with Gasteiger partial charge in [-0.15, -0.1) is 0 Å². The Balaban J connectivity index is 1.25. The van der Waals surface area contributed by atoms with Crippen molar-refractivity contribution < 1.29 is 27.9 Å². The Morgan fingerprint density at radius 2 is 1.55 bits per heavy atom. The van der Waals surface area contributed by atoms with Crippen molar-refractivity contribution in [1.29, 1.82) is 0 Å². The molecule has 47 heavy (non-hydrogen) atoms. The van der Waals surface area contributed by atoms with Crippen molar-refractivity contribution >= 4 is 44.0 Å². The number of ether oxygens (including phenoxy) is 1. The zero-order valence-electron chi connectivity index (χ0n) is 27.8. The summed E-state index contributed by atoms with van der Waals surface area (Å²) < 4.78 is 34.9. The largest absolute Gasteiger partial charge is 0.493 e. The number of anilines is 2. The highest BCUT2D eigenvalue weighted by Crippen LogP contribution is 2.46. The number of hydrogen-bond donors (Lipinski definition) is 3. The summed E-state index contributed by atoms with van der Waals surface area (Å²) in [5.41, 5.74) is 4.17. The molecule has 4 aromatic rings. The molecule has 0 saturated carbocycles. The van der Waals surface area contributed by atoms with Gasteiger partial charge in [-0.25, -0.2) is 17.9 Å². The molecule has 0 spiro atoms. The first-order chi connectivity index (χ1) is 22.1. The fourth-order valence-electron chi connectivity index (χ4n) is 6.26. The smallest absolute Gasteiger partial charge is 0.339 e. The van der Waals surface area contributed by atoms with Crippen LogP contribution in [0.5, 0.6) is 5.75 Å². The Bertz CT molecular complexity index is 1950. The molecule has 1 aliphatic carbocycles. The van der Waals surface area contributed by atoms with Gasteiger partial charge < -0.3 is 20.1 Å². The topological polar surface area (TPSA) is 125 Å². The zero-order valence-corrected chi connectivity index (χ0v) is 28.6. The van der Waals surface area contributed by atoms with E-state index in [1.807, 2.05) is 55.4 Å². The second-order valence-corrected chi connectivity index (χ2v) is 15.4. The van der Waals surface area contributed by atoms with Crippen molar-refractivity contribution in [3.63, 3.8) is 0 Å². The highest BCUT2D eigenvalue weighted by Gasteiger charge is 2.37. The highest BCUT2D eigenvalue weighted by molar-refractivity contribution is 7.89. The SMILES string of the molecule is CN(C)c1cccc2c(S(=O)(=O)NCCCOc3cc(NC(=O)c4ccc5c(c4)C(C)(C)CCC5(C)C)ccc3C(=O)O)cccc12. The van der Waals surface area contributed by atoms with E-state index >= 15 is 0 Å². The molecular formula is C37H43N3O6S. The number of carboxylic acid groups (broad SMARTS) is 1. The van der Waals surface area contributed by atoms with Crippen LogP contribution in [0.2, 0.25) is 0 Å². The lowest BCUT2D eigenvalue weighted by Gasteiger charge is -2.42. The number of nitrogens with zero attached hydrogens (tertiary/aromatic N) is 1. The molecule has 9 nitrogen and oxygen atoms in total. The van der Waals surface area contributed by atoms with Crippen LogP contribution in [0.1, 0.15) is 78.8 Å². The molecule has 0 fully saturated rings. The second kappa shape index (κ2) is 13.0. The number of amides is 1. The van der Waals surface area contributed by atoms with E-state index in [0.717, 1.165) is 23.9 Å². The van der Waals surface area contributed by atoms with E-state index in [4.69, 9.17) is 4.74 Å². The Morgan fingerprint density at radius 3 is 2.26 bits per heavy atom. The minimum Gasteiger partial charge on any atom is -0.493 e. The van der Waals surface area contributed by atoms with Crippen molar-refractivity contribution in [2.24, 2.45) is 0 Å². The minimum atomic E-state index is -3.83. The molecule has 0 radical (unpaired) electrons. The van der Waals surface area contributed by atoms with Crippen LogP contribution in [0.25, 0.3) is 10.8 Å². The van der Waals surface area contributed by atoms with Crippen molar-refractivity contribution in [3.8, 4) is 5.75 Å². The first-order valence-electron chi connectivity index (χ1n) is 15.8. The van der Waals surface area contributed by atoms with Gasteiger partial charge in [0, 0.05) is 54.4 Å². The molecule has 0 aliphatic heterocycles. The van der Waals surface area contributed by atoms with Crippen LogP contribution in [0.15, 0.2) is 77.7 Å². The number of hydrogen-bond acceptors (Lipinski definition) is 6. The number of aromatic carboxylic acids is 1. The van der Waals surface area contributed by atoms with Gasteiger partial charge in [-0.05, 0) is 77.6 Å². The predicted molar refractivity (Wildman–Crippen MR) is 187 cm³/mol. The standard InChI is InChI=1S/C37H43N3O6S/c1-36(2)18-19-37(3,4)30-22-24(14-17-29(30)36)34(41)39-25-15-16-28(35(42)43)32(23-25)46-21-9-20-38-47(44,45)33-13-8-10-26-27(33)11-7-12-31(26)40(5)6/h7-8,10-17,22-23,38H,9,18-21H2,1-6H3,(H,39,41)(H,42,43). The Labute approximate surface area is 277 Å². The maximum Gasteiger partial charge on any atom is 0.339 e. The maximum absolute atomic E-state index is 13.3. The summed E-state index contributed by atoms with van der Waals surface area (Å²) in [4.78, 5) is 27.3. The quantitative estimate of drug-likeness (QED) is 0.149. The summed E-state index contributed by atoms with van der Waals surface area (Å²) in [5, 5.41) is 14.1. The third-order valence-electron chi connectivity index (χ3n) is 9.09. The van der Waals surface area contributed by atoms with E-state index in [9.17, 15) is 23.1 Å². The fraction of sp³-hybridized carbons (Fsp3) is 0.351. The van der Waals surface area contributed by atoms with Gasteiger partial charge in [0.1, 0.15) is 11.3 Å². The molecule has 0 heterocycles.